The average Bonchev–Trinajstić information content (AvgIpc) is 1.63. The molecule has 0 bridgehead atoms. The van der Waals surface area contributed by atoms with Crippen molar-refractivity contribution in [1.29, 1.82) is 0 Å². The van der Waals surface area contributed by atoms with Crippen molar-refractivity contribution in [3.05, 3.63) is 25.3 Å². The Morgan fingerprint density at radius 2 is 1.50 bits per heavy atom. The molecule has 0 spiro atoms. The van der Waals surface area contributed by atoms with Crippen LogP contribution in [0.25, 0.3) is 0 Å². The molecule has 1 nitrogen and oxygen atoms in total. The summed E-state index contributed by atoms with van der Waals surface area (Å²) in [5, 5.41) is 0. The quantitative estimate of drug-likeness (QED) is 0.409. The number of rotatable bonds is 2. The molecule has 0 aliphatic heterocycles. The highest BCUT2D eigenvalue weighted by molar-refractivity contribution is 4.63. The topological polar surface area (TPSA) is 0 Å². The van der Waals surface area contributed by atoms with Gasteiger partial charge in [0.15, 0.2) is 0 Å². The zero-order valence-electron chi connectivity index (χ0n) is 7.72. The third-order valence-electron chi connectivity index (χ3n) is 0.677. The van der Waals surface area contributed by atoms with Crippen LogP contribution in [0.2, 0.25) is 0 Å². The fraction of sp³-hybridized carbons (Fsp3) is 0.556. The maximum Gasteiger partial charge on any atom is 0.0964 e. The SMILES string of the molecule is C=CC.C=CC[N+](C)(C)C. The minimum Gasteiger partial charge on any atom is -0.328 e. The molecule has 0 aliphatic carbocycles. The van der Waals surface area contributed by atoms with Crippen LogP contribution in [-0.2, 0) is 0 Å². The van der Waals surface area contributed by atoms with Gasteiger partial charge in [0, 0.05) is 0 Å². The van der Waals surface area contributed by atoms with Gasteiger partial charge in [0.2, 0.25) is 0 Å². The van der Waals surface area contributed by atoms with E-state index in [0.717, 1.165) is 11.0 Å². The van der Waals surface area contributed by atoms with Crippen molar-refractivity contribution in [1.82, 2.24) is 0 Å². The van der Waals surface area contributed by atoms with Gasteiger partial charge in [-0.15, -0.1) is 6.58 Å². The highest BCUT2D eigenvalue weighted by Crippen LogP contribution is 1.86. The van der Waals surface area contributed by atoms with Gasteiger partial charge in [0.25, 0.3) is 0 Å². The lowest BCUT2D eigenvalue weighted by Crippen LogP contribution is -2.33. The fourth-order valence-electron chi connectivity index (χ4n) is 0.387. The van der Waals surface area contributed by atoms with E-state index in [1.807, 2.05) is 13.0 Å². The van der Waals surface area contributed by atoms with Crippen LogP contribution in [0.5, 0.6) is 0 Å². The van der Waals surface area contributed by atoms with E-state index in [1.165, 1.54) is 0 Å². The van der Waals surface area contributed by atoms with Crippen LogP contribution in [0.4, 0.5) is 0 Å². The first-order valence-corrected chi connectivity index (χ1v) is 3.46. The lowest BCUT2D eigenvalue weighted by molar-refractivity contribution is -0.864. The minimum atomic E-state index is 0.976. The van der Waals surface area contributed by atoms with E-state index in [9.17, 15) is 0 Å². The average molecular weight is 142 g/mol. The number of hydrogen-bond donors (Lipinski definition) is 0. The van der Waals surface area contributed by atoms with E-state index >= 15 is 0 Å². The Morgan fingerprint density at radius 1 is 1.20 bits per heavy atom. The first-order chi connectivity index (χ1) is 4.47. The van der Waals surface area contributed by atoms with Crippen molar-refractivity contribution >= 4 is 0 Å². The first-order valence-electron chi connectivity index (χ1n) is 3.46. The molecular formula is C9H20N+. The molecule has 0 saturated carbocycles. The molecule has 0 N–H and O–H groups in total. The van der Waals surface area contributed by atoms with E-state index in [0.29, 0.717) is 0 Å². The lowest BCUT2D eigenvalue weighted by atomic mass is 10.5. The molecule has 0 rings (SSSR count). The van der Waals surface area contributed by atoms with Crippen molar-refractivity contribution in [3.63, 3.8) is 0 Å². The molecule has 0 amide bonds. The van der Waals surface area contributed by atoms with Gasteiger partial charge < -0.3 is 4.48 Å². The molecule has 10 heavy (non-hydrogen) atoms. The van der Waals surface area contributed by atoms with Gasteiger partial charge in [-0.05, 0) is 13.0 Å². The summed E-state index contributed by atoms with van der Waals surface area (Å²) in [5.74, 6) is 0. The molecule has 0 saturated heterocycles. The Hall–Kier alpha value is -0.560. The second-order valence-electron chi connectivity index (χ2n) is 3.17. The van der Waals surface area contributed by atoms with Crippen molar-refractivity contribution in [2.75, 3.05) is 27.7 Å². The summed E-state index contributed by atoms with van der Waals surface area (Å²) in [6.07, 6.45) is 3.68. The summed E-state index contributed by atoms with van der Waals surface area (Å²) in [6, 6.07) is 0. The lowest BCUT2D eigenvalue weighted by Gasteiger charge is -2.21. The minimum absolute atomic E-state index is 0.976. The Balaban J connectivity index is 0. The molecule has 0 aromatic heterocycles. The zero-order valence-corrected chi connectivity index (χ0v) is 7.72. The summed E-state index contributed by atoms with van der Waals surface area (Å²) in [5.41, 5.74) is 0. The van der Waals surface area contributed by atoms with Crippen LogP contribution in [-0.4, -0.2) is 32.2 Å². The molecule has 0 aromatic rings. The molecule has 1 heteroatoms. The second kappa shape index (κ2) is 6.56. The summed E-state index contributed by atoms with van der Waals surface area (Å²) in [6.45, 7) is 9.92. The van der Waals surface area contributed by atoms with Crippen molar-refractivity contribution in [3.8, 4) is 0 Å². The van der Waals surface area contributed by atoms with E-state index in [4.69, 9.17) is 0 Å². The standard InChI is InChI=1S/C6H14N.C3H6/c1-5-6-7(2,3)4;1-3-2/h5H,1,6H2,2-4H3;3H,1H2,2H3/q+1;. The van der Waals surface area contributed by atoms with Gasteiger partial charge in [-0.25, -0.2) is 0 Å². The predicted molar refractivity (Wildman–Crippen MR) is 49.0 cm³/mol. The normalized spacial score (nSPS) is 9.20. The summed E-state index contributed by atoms with van der Waals surface area (Å²) >= 11 is 0. The Bertz CT molecular complexity index is 87.4. The van der Waals surface area contributed by atoms with Gasteiger partial charge >= 0.3 is 0 Å². The van der Waals surface area contributed by atoms with Gasteiger partial charge in [-0.1, -0.05) is 12.7 Å². The van der Waals surface area contributed by atoms with E-state index in [2.05, 4.69) is 34.3 Å². The maximum absolute atomic E-state index is 3.63. The van der Waals surface area contributed by atoms with Gasteiger partial charge in [0.05, 0.1) is 27.7 Å². The number of hydrogen-bond acceptors (Lipinski definition) is 0. The largest absolute Gasteiger partial charge is 0.328 e. The van der Waals surface area contributed by atoms with Crippen molar-refractivity contribution in [2.45, 2.75) is 6.92 Å². The third-order valence-corrected chi connectivity index (χ3v) is 0.677. The molecule has 0 aliphatic rings. The van der Waals surface area contributed by atoms with Crippen molar-refractivity contribution in [2.24, 2.45) is 0 Å². The molecule has 0 heterocycles. The number of likely N-dealkylation sites (N-methyl/N-ethyl adjacent to an activating group) is 1. The molecule has 0 unspecified atom stereocenters. The summed E-state index contributed by atoms with van der Waals surface area (Å²) < 4.78 is 0.976. The molecule has 60 valence electrons. The second-order valence-corrected chi connectivity index (χ2v) is 3.17. The number of nitrogens with zero attached hydrogens (tertiary/aromatic N) is 1. The fourth-order valence-corrected chi connectivity index (χ4v) is 0.387. The monoisotopic (exact) mass is 142 g/mol. The molecule has 0 aromatic carbocycles. The third kappa shape index (κ3) is 26.1. The summed E-state index contributed by atoms with van der Waals surface area (Å²) in [4.78, 5) is 0. The van der Waals surface area contributed by atoms with E-state index < -0.39 is 0 Å². The predicted octanol–water partition coefficient (Wildman–Crippen LogP) is 2.07. The smallest absolute Gasteiger partial charge is 0.0964 e. The Kier molecular flexibility index (Phi) is 7.97. The molecule has 0 atom stereocenters. The van der Waals surface area contributed by atoms with Crippen LogP contribution in [0, 0.1) is 0 Å². The molecule has 0 radical (unpaired) electrons. The summed E-state index contributed by atoms with van der Waals surface area (Å²) in [7, 11) is 6.42. The molecular weight excluding hydrogens is 122 g/mol. The number of allylic oxidation sites excluding steroid dienone is 1. The van der Waals surface area contributed by atoms with E-state index in [1.54, 1.807) is 6.08 Å². The van der Waals surface area contributed by atoms with Gasteiger partial charge in [-0.2, -0.15) is 0 Å². The van der Waals surface area contributed by atoms with Crippen LogP contribution < -0.4 is 0 Å². The molecule has 0 fully saturated rings. The van der Waals surface area contributed by atoms with Crippen LogP contribution in [0.15, 0.2) is 25.3 Å². The number of quaternary nitrogens is 1. The van der Waals surface area contributed by atoms with Crippen LogP contribution in [0.1, 0.15) is 6.92 Å². The van der Waals surface area contributed by atoms with Crippen molar-refractivity contribution < 1.29 is 4.48 Å². The first kappa shape index (κ1) is 12.1. The van der Waals surface area contributed by atoms with Gasteiger partial charge in [-0.3, -0.25) is 0 Å². The zero-order chi connectivity index (χ0) is 8.62. The Labute approximate surface area is 65.3 Å². The van der Waals surface area contributed by atoms with Crippen LogP contribution in [0.3, 0.4) is 0 Å². The van der Waals surface area contributed by atoms with E-state index in [-0.39, 0.29) is 0 Å². The maximum atomic E-state index is 3.63. The van der Waals surface area contributed by atoms with Crippen LogP contribution >= 0.6 is 0 Å². The highest BCUT2D eigenvalue weighted by Gasteiger charge is 1.99. The van der Waals surface area contributed by atoms with Gasteiger partial charge in [0.1, 0.15) is 0 Å². The highest BCUT2D eigenvalue weighted by atomic mass is 15.3. The Morgan fingerprint density at radius 3 is 1.50 bits per heavy atom.